The number of aliphatic hydroxyl groups is 1. The molecular weight excluding hydrogens is 194 g/mol. The summed E-state index contributed by atoms with van der Waals surface area (Å²) in [5.41, 5.74) is 5.22. The van der Waals surface area contributed by atoms with Crippen molar-refractivity contribution in [3.8, 4) is 0 Å². The van der Waals surface area contributed by atoms with Crippen molar-refractivity contribution in [2.45, 2.75) is 37.4 Å². The van der Waals surface area contributed by atoms with Gasteiger partial charge in [0.2, 0.25) is 0 Å². The largest absolute Gasteiger partial charge is 0.393 e. The van der Waals surface area contributed by atoms with Gasteiger partial charge in [-0.15, -0.1) is 0 Å². The maximum Gasteiger partial charge on any atom is 0.188 e. The molecule has 0 aromatic rings. The van der Waals surface area contributed by atoms with Crippen LogP contribution < -0.4 is 5.73 Å². The third-order valence-corrected chi connectivity index (χ3v) is 3.35. The van der Waals surface area contributed by atoms with E-state index in [9.17, 15) is 5.11 Å². The SMILES string of the molecule is N=C(N)N1CCC[C@]2(C[C@@H](O)CCO2)C1. The average Bonchev–Trinajstić information content (AvgIpc) is 2.17. The van der Waals surface area contributed by atoms with E-state index in [1.807, 2.05) is 4.90 Å². The van der Waals surface area contributed by atoms with Crippen LogP contribution in [0.2, 0.25) is 0 Å². The molecule has 4 N–H and O–H groups in total. The Hall–Kier alpha value is -0.810. The van der Waals surface area contributed by atoms with Gasteiger partial charge in [0.1, 0.15) is 0 Å². The minimum Gasteiger partial charge on any atom is -0.393 e. The van der Waals surface area contributed by atoms with Gasteiger partial charge in [0.15, 0.2) is 5.96 Å². The Labute approximate surface area is 89.7 Å². The molecule has 5 nitrogen and oxygen atoms in total. The van der Waals surface area contributed by atoms with Crippen molar-refractivity contribution < 1.29 is 9.84 Å². The van der Waals surface area contributed by atoms with E-state index in [1.54, 1.807) is 0 Å². The topological polar surface area (TPSA) is 82.6 Å². The van der Waals surface area contributed by atoms with Gasteiger partial charge in [-0.1, -0.05) is 0 Å². The molecule has 2 heterocycles. The predicted octanol–water partition coefficient (Wildman–Crippen LogP) is -0.114. The van der Waals surface area contributed by atoms with Crippen LogP contribution in [0, 0.1) is 5.41 Å². The van der Waals surface area contributed by atoms with Crippen LogP contribution in [-0.2, 0) is 4.74 Å². The summed E-state index contributed by atoms with van der Waals surface area (Å²) in [6.07, 6.45) is 3.09. The van der Waals surface area contributed by atoms with Crippen molar-refractivity contribution in [1.29, 1.82) is 5.41 Å². The highest BCUT2D eigenvalue weighted by atomic mass is 16.5. The summed E-state index contributed by atoms with van der Waals surface area (Å²) in [4.78, 5) is 1.83. The number of aliphatic hydroxyl groups excluding tert-OH is 1. The van der Waals surface area contributed by atoms with Crippen LogP contribution in [0.25, 0.3) is 0 Å². The molecule has 0 bridgehead atoms. The van der Waals surface area contributed by atoms with Crippen molar-refractivity contribution in [2.75, 3.05) is 19.7 Å². The third kappa shape index (κ3) is 2.23. The fourth-order valence-electron chi connectivity index (χ4n) is 2.59. The first kappa shape index (κ1) is 10.7. The molecule has 2 aliphatic rings. The molecule has 0 radical (unpaired) electrons. The number of hydrogen-bond donors (Lipinski definition) is 3. The monoisotopic (exact) mass is 213 g/mol. The van der Waals surface area contributed by atoms with Crippen molar-refractivity contribution in [1.82, 2.24) is 4.90 Å². The molecule has 0 aromatic carbocycles. The van der Waals surface area contributed by atoms with Crippen molar-refractivity contribution in [3.63, 3.8) is 0 Å². The lowest BCUT2D eigenvalue weighted by atomic mass is 9.84. The molecule has 0 aromatic heterocycles. The highest BCUT2D eigenvalue weighted by Crippen LogP contribution is 2.33. The number of rotatable bonds is 0. The quantitative estimate of drug-likeness (QED) is 0.387. The minimum atomic E-state index is -0.262. The van der Waals surface area contributed by atoms with E-state index in [0.717, 1.165) is 25.8 Å². The Bertz CT molecular complexity index is 255. The highest BCUT2D eigenvalue weighted by Gasteiger charge is 2.40. The number of likely N-dealkylation sites (tertiary alicyclic amines) is 1. The summed E-state index contributed by atoms with van der Waals surface area (Å²) in [6.45, 7) is 2.10. The second kappa shape index (κ2) is 3.98. The molecule has 0 saturated carbocycles. The zero-order valence-electron chi connectivity index (χ0n) is 8.91. The fraction of sp³-hybridized carbons (Fsp3) is 0.900. The summed E-state index contributed by atoms with van der Waals surface area (Å²) in [7, 11) is 0. The van der Waals surface area contributed by atoms with Gasteiger partial charge in [-0.2, -0.15) is 0 Å². The van der Waals surface area contributed by atoms with Crippen molar-refractivity contribution in [3.05, 3.63) is 0 Å². The predicted molar refractivity (Wildman–Crippen MR) is 56.6 cm³/mol. The maximum atomic E-state index is 9.67. The van der Waals surface area contributed by atoms with Gasteiger partial charge in [-0.05, 0) is 19.3 Å². The molecule has 86 valence electrons. The number of nitrogens with two attached hydrogens (primary N) is 1. The minimum absolute atomic E-state index is 0.109. The van der Waals surface area contributed by atoms with E-state index in [-0.39, 0.29) is 17.7 Å². The summed E-state index contributed by atoms with van der Waals surface area (Å²) >= 11 is 0. The smallest absolute Gasteiger partial charge is 0.188 e. The molecule has 0 unspecified atom stereocenters. The summed E-state index contributed by atoms with van der Waals surface area (Å²) in [5, 5.41) is 17.1. The van der Waals surface area contributed by atoms with Gasteiger partial charge in [-0.3, -0.25) is 5.41 Å². The Morgan fingerprint density at radius 3 is 3.07 bits per heavy atom. The van der Waals surface area contributed by atoms with Crippen LogP contribution in [0.3, 0.4) is 0 Å². The lowest BCUT2D eigenvalue weighted by molar-refractivity contribution is -0.139. The summed E-state index contributed by atoms with van der Waals surface area (Å²) in [5.74, 6) is 0.109. The van der Waals surface area contributed by atoms with E-state index in [4.69, 9.17) is 15.9 Å². The summed E-state index contributed by atoms with van der Waals surface area (Å²) in [6, 6.07) is 0. The van der Waals surface area contributed by atoms with E-state index >= 15 is 0 Å². The first-order valence-corrected chi connectivity index (χ1v) is 5.52. The van der Waals surface area contributed by atoms with E-state index < -0.39 is 0 Å². The Kier molecular flexibility index (Phi) is 2.84. The fourth-order valence-corrected chi connectivity index (χ4v) is 2.59. The summed E-state index contributed by atoms with van der Waals surface area (Å²) < 4.78 is 5.80. The van der Waals surface area contributed by atoms with Crippen LogP contribution in [-0.4, -0.2) is 47.4 Å². The number of nitrogens with one attached hydrogen (secondary N) is 1. The number of guanidine groups is 1. The Morgan fingerprint density at radius 1 is 1.60 bits per heavy atom. The second-order valence-corrected chi connectivity index (χ2v) is 4.59. The molecule has 5 heteroatoms. The van der Waals surface area contributed by atoms with Crippen LogP contribution in [0.4, 0.5) is 0 Å². The van der Waals surface area contributed by atoms with Gasteiger partial charge in [-0.25, -0.2) is 0 Å². The zero-order chi connectivity index (χ0) is 10.9. The standard InChI is InChI=1S/C10H19N3O2/c11-9(12)13-4-1-3-10(7-13)6-8(14)2-5-15-10/h8,14H,1-7H2,(H3,11,12)/t8-,10-/m0/s1. The number of piperidine rings is 1. The maximum absolute atomic E-state index is 9.67. The molecule has 2 atom stereocenters. The molecule has 2 saturated heterocycles. The lowest BCUT2D eigenvalue weighted by Gasteiger charge is -2.46. The molecule has 2 rings (SSSR count). The van der Waals surface area contributed by atoms with Gasteiger partial charge in [0.05, 0.1) is 11.7 Å². The van der Waals surface area contributed by atoms with E-state index in [2.05, 4.69) is 0 Å². The van der Waals surface area contributed by atoms with Gasteiger partial charge in [0, 0.05) is 26.1 Å². The highest BCUT2D eigenvalue weighted by molar-refractivity contribution is 5.74. The van der Waals surface area contributed by atoms with Gasteiger partial charge in [0.25, 0.3) is 0 Å². The molecule has 15 heavy (non-hydrogen) atoms. The normalized spacial score (nSPS) is 36.9. The number of nitrogens with zero attached hydrogens (tertiary/aromatic N) is 1. The first-order chi connectivity index (χ1) is 7.11. The third-order valence-electron chi connectivity index (χ3n) is 3.35. The van der Waals surface area contributed by atoms with Crippen molar-refractivity contribution in [2.24, 2.45) is 5.73 Å². The van der Waals surface area contributed by atoms with E-state index in [1.165, 1.54) is 0 Å². The molecule has 2 fully saturated rings. The van der Waals surface area contributed by atoms with Crippen molar-refractivity contribution >= 4 is 5.96 Å². The number of ether oxygens (including phenoxy) is 1. The molecule has 1 spiro atoms. The first-order valence-electron chi connectivity index (χ1n) is 5.52. The lowest BCUT2D eigenvalue weighted by Crippen LogP contribution is -2.56. The molecule has 0 aliphatic carbocycles. The zero-order valence-corrected chi connectivity index (χ0v) is 8.91. The number of hydrogen-bond acceptors (Lipinski definition) is 3. The van der Waals surface area contributed by atoms with E-state index in [0.29, 0.717) is 19.6 Å². The molecule has 2 aliphatic heterocycles. The Balaban J connectivity index is 2.04. The Morgan fingerprint density at radius 2 is 2.40 bits per heavy atom. The van der Waals surface area contributed by atoms with Gasteiger partial charge >= 0.3 is 0 Å². The van der Waals surface area contributed by atoms with Gasteiger partial charge < -0.3 is 20.5 Å². The van der Waals surface area contributed by atoms with Crippen LogP contribution in [0.15, 0.2) is 0 Å². The average molecular weight is 213 g/mol. The van der Waals surface area contributed by atoms with Crippen LogP contribution in [0.5, 0.6) is 0 Å². The molecular formula is C10H19N3O2. The second-order valence-electron chi connectivity index (χ2n) is 4.59. The molecule has 0 amide bonds. The van der Waals surface area contributed by atoms with Crippen LogP contribution >= 0.6 is 0 Å². The van der Waals surface area contributed by atoms with Crippen LogP contribution in [0.1, 0.15) is 25.7 Å².